The third kappa shape index (κ3) is 3.24. The van der Waals surface area contributed by atoms with Crippen LogP contribution < -0.4 is 5.73 Å². The Labute approximate surface area is 111 Å². The molecule has 1 heterocycles. The van der Waals surface area contributed by atoms with Gasteiger partial charge in [-0.3, -0.25) is 0 Å². The molecule has 1 aromatic heterocycles. The lowest BCUT2D eigenvalue weighted by atomic mass is 10.2. The first-order valence-corrected chi connectivity index (χ1v) is 6.73. The molecule has 1 aromatic carbocycles. The van der Waals surface area contributed by atoms with Crippen LogP contribution in [0.5, 0.6) is 0 Å². The van der Waals surface area contributed by atoms with Gasteiger partial charge in [-0.05, 0) is 25.1 Å². The maximum atomic E-state index is 10.1. The summed E-state index contributed by atoms with van der Waals surface area (Å²) in [7, 11) is 0. The van der Waals surface area contributed by atoms with Crippen LogP contribution in [0.15, 0.2) is 47.5 Å². The molecule has 1 unspecified atom stereocenters. The van der Waals surface area contributed by atoms with Gasteiger partial charge in [0.05, 0.1) is 6.10 Å². The number of thioether (sulfide) groups is 1. The highest BCUT2D eigenvalue weighted by Gasteiger charge is 2.11. The molecule has 3 N–H and O–H groups in total. The van der Waals surface area contributed by atoms with E-state index in [1.54, 1.807) is 24.0 Å². The van der Waals surface area contributed by atoms with Gasteiger partial charge in [-0.15, -0.1) is 11.8 Å². The second kappa shape index (κ2) is 5.89. The lowest BCUT2D eigenvalue weighted by molar-refractivity contribution is 0.204. The van der Waals surface area contributed by atoms with Gasteiger partial charge in [-0.25, -0.2) is 4.98 Å². The van der Waals surface area contributed by atoms with Gasteiger partial charge in [0.1, 0.15) is 5.82 Å². The van der Waals surface area contributed by atoms with Gasteiger partial charge >= 0.3 is 0 Å². The van der Waals surface area contributed by atoms with Gasteiger partial charge in [0.15, 0.2) is 0 Å². The number of aliphatic hydroxyl groups excluding tert-OH is 1. The van der Waals surface area contributed by atoms with E-state index in [4.69, 9.17) is 5.73 Å². The molecular formula is C14H16N2OS. The molecule has 18 heavy (non-hydrogen) atoms. The molecule has 94 valence electrons. The Morgan fingerprint density at radius 1 is 1.33 bits per heavy atom. The van der Waals surface area contributed by atoms with Crippen molar-refractivity contribution in [1.82, 2.24) is 4.98 Å². The van der Waals surface area contributed by atoms with Crippen molar-refractivity contribution in [3.63, 3.8) is 0 Å². The number of nitrogens with zero attached hydrogens (tertiary/aromatic N) is 1. The van der Waals surface area contributed by atoms with Crippen LogP contribution in [0.1, 0.15) is 17.2 Å². The minimum Gasteiger partial charge on any atom is -0.387 e. The van der Waals surface area contributed by atoms with Crippen molar-refractivity contribution < 1.29 is 5.11 Å². The van der Waals surface area contributed by atoms with Crippen molar-refractivity contribution in [2.45, 2.75) is 17.9 Å². The SMILES string of the molecule is Cc1cccc(SCC(O)c2cccnc2N)c1. The number of nitrogens with two attached hydrogens (primary N) is 1. The molecule has 0 radical (unpaired) electrons. The van der Waals surface area contributed by atoms with Crippen molar-refractivity contribution in [3.8, 4) is 0 Å². The van der Waals surface area contributed by atoms with Crippen LogP contribution in [0.2, 0.25) is 0 Å². The number of anilines is 1. The highest BCUT2D eigenvalue weighted by Crippen LogP contribution is 2.26. The minimum atomic E-state index is -0.593. The zero-order chi connectivity index (χ0) is 13.0. The van der Waals surface area contributed by atoms with E-state index in [1.165, 1.54) is 5.56 Å². The summed E-state index contributed by atoms with van der Waals surface area (Å²) in [5.41, 5.74) is 7.64. The fourth-order valence-electron chi connectivity index (χ4n) is 1.68. The normalized spacial score (nSPS) is 12.3. The van der Waals surface area contributed by atoms with Gasteiger partial charge in [0.2, 0.25) is 0 Å². The van der Waals surface area contributed by atoms with Crippen LogP contribution in [0.4, 0.5) is 5.82 Å². The fraction of sp³-hybridized carbons (Fsp3) is 0.214. The molecule has 0 saturated heterocycles. The summed E-state index contributed by atoms with van der Waals surface area (Å²) in [6.07, 6.45) is 1.03. The molecule has 0 spiro atoms. The van der Waals surface area contributed by atoms with Crippen molar-refractivity contribution in [1.29, 1.82) is 0 Å². The van der Waals surface area contributed by atoms with Gasteiger partial charge in [-0.2, -0.15) is 0 Å². The third-order valence-electron chi connectivity index (χ3n) is 2.63. The number of hydrogen-bond acceptors (Lipinski definition) is 4. The van der Waals surface area contributed by atoms with Crippen molar-refractivity contribution in [2.24, 2.45) is 0 Å². The first-order chi connectivity index (χ1) is 8.66. The summed E-state index contributed by atoms with van der Waals surface area (Å²) in [6.45, 7) is 2.06. The lowest BCUT2D eigenvalue weighted by Gasteiger charge is -2.12. The highest BCUT2D eigenvalue weighted by atomic mass is 32.2. The maximum absolute atomic E-state index is 10.1. The quantitative estimate of drug-likeness (QED) is 0.830. The maximum Gasteiger partial charge on any atom is 0.129 e. The molecule has 0 aliphatic carbocycles. The van der Waals surface area contributed by atoms with Crippen LogP contribution in [-0.2, 0) is 0 Å². The van der Waals surface area contributed by atoms with Crippen LogP contribution in [0, 0.1) is 6.92 Å². The van der Waals surface area contributed by atoms with Crippen molar-refractivity contribution in [2.75, 3.05) is 11.5 Å². The number of pyridine rings is 1. The Balaban J connectivity index is 2.00. The van der Waals surface area contributed by atoms with Gasteiger partial charge < -0.3 is 10.8 Å². The molecule has 0 fully saturated rings. The summed E-state index contributed by atoms with van der Waals surface area (Å²) >= 11 is 1.61. The number of aromatic nitrogens is 1. The number of rotatable bonds is 4. The molecule has 0 amide bonds. The molecule has 3 nitrogen and oxygen atoms in total. The van der Waals surface area contributed by atoms with E-state index in [0.29, 0.717) is 17.1 Å². The summed E-state index contributed by atoms with van der Waals surface area (Å²) < 4.78 is 0. The number of benzene rings is 1. The number of aryl methyl sites for hydroxylation is 1. The second-order valence-corrected chi connectivity index (χ2v) is 5.21. The van der Waals surface area contributed by atoms with E-state index in [1.807, 2.05) is 18.2 Å². The molecule has 4 heteroatoms. The molecule has 0 saturated carbocycles. The molecular weight excluding hydrogens is 244 g/mol. The van der Waals surface area contributed by atoms with Gasteiger partial charge in [0.25, 0.3) is 0 Å². The van der Waals surface area contributed by atoms with Crippen molar-refractivity contribution in [3.05, 3.63) is 53.7 Å². The second-order valence-electron chi connectivity index (χ2n) is 4.12. The first kappa shape index (κ1) is 12.9. The van der Waals surface area contributed by atoms with Crippen LogP contribution in [0.3, 0.4) is 0 Å². The highest BCUT2D eigenvalue weighted by molar-refractivity contribution is 7.99. The number of nitrogen functional groups attached to an aromatic ring is 1. The largest absolute Gasteiger partial charge is 0.387 e. The predicted octanol–water partition coefficient (Wildman–Crippen LogP) is 2.80. The van der Waals surface area contributed by atoms with Crippen LogP contribution >= 0.6 is 11.8 Å². The standard InChI is InChI=1S/C14H16N2OS/c1-10-4-2-5-11(8-10)18-9-13(17)12-6-3-7-16-14(12)15/h2-8,13,17H,9H2,1H3,(H2,15,16). The van der Waals surface area contributed by atoms with Crippen LogP contribution in [-0.4, -0.2) is 15.8 Å². The summed E-state index contributed by atoms with van der Waals surface area (Å²) in [5, 5.41) is 10.1. The minimum absolute atomic E-state index is 0.398. The molecule has 1 atom stereocenters. The van der Waals surface area contributed by atoms with E-state index < -0.39 is 6.10 Å². The molecule has 0 bridgehead atoms. The first-order valence-electron chi connectivity index (χ1n) is 5.75. The smallest absolute Gasteiger partial charge is 0.129 e. The molecule has 2 rings (SSSR count). The summed E-state index contributed by atoms with van der Waals surface area (Å²) in [4.78, 5) is 5.13. The van der Waals surface area contributed by atoms with E-state index in [2.05, 4.69) is 24.0 Å². The zero-order valence-electron chi connectivity index (χ0n) is 10.2. The number of aliphatic hydroxyl groups is 1. The van der Waals surface area contributed by atoms with E-state index in [9.17, 15) is 5.11 Å². The number of hydrogen-bond donors (Lipinski definition) is 2. The Bertz CT molecular complexity index is 531. The Hall–Kier alpha value is -1.52. The van der Waals surface area contributed by atoms with E-state index in [-0.39, 0.29) is 0 Å². The summed E-state index contributed by atoms with van der Waals surface area (Å²) in [5.74, 6) is 0.967. The monoisotopic (exact) mass is 260 g/mol. The van der Waals surface area contributed by atoms with Crippen molar-refractivity contribution >= 4 is 17.6 Å². The Morgan fingerprint density at radius 3 is 2.89 bits per heavy atom. The predicted molar refractivity (Wildman–Crippen MR) is 75.5 cm³/mol. The van der Waals surface area contributed by atoms with Crippen LogP contribution in [0.25, 0.3) is 0 Å². The average molecular weight is 260 g/mol. The topological polar surface area (TPSA) is 59.1 Å². The van der Waals surface area contributed by atoms with E-state index in [0.717, 1.165) is 4.90 Å². The molecule has 0 aliphatic heterocycles. The Morgan fingerprint density at radius 2 is 2.17 bits per heavy atom. The van der Waals surface area contributed by atoms with Gasteiger partial charge in [-0.1, -0.05) is 23.8 Å². The molecule has 0 aliphatic rings. The lowest BCUT2D eigenvalue weighted by Crippen LogP contribution is -2.05. The van der Waals surface area contributed by atoms with Gasteiger partial charge in [0, 0.05) is 22.4 Å². The third-order valence-corrected chi connectivity index (χ3v) is 3.70. The fourth-order valence-corrected chi connectivity index (χ4v) is 2.66. The summed E-state index contributed by atoms with van der Waals surface area (Å²) in [6, 6.07) is 11.8. The zero-order valence-corrected chi connectivity index (χ0v) is 11.0. The average Bonchev–Trinajstić information content (AvgIpc) is 2.37. The Kier molecular flexibility index (Phi) is 4.23. The van der Waals surface area contributed by atoms with E-state index >= 15 is 0 Å². The molecule has 2 aromatic rings.